The molecule has 2 nitrogen and oxygen atoms in total. The maximum Gasteiger partial charge on any atom is 0.308 e. The molecule has 0 amide bonds. The first-order valence-corrected chi connectivity index (χ1v) is 9.41. The molecule has 1 aromatic rings. The van der Waals surface area contributed by atoms with Gasteiger partial charge in [-0.25, -0.2) is 0 Å². The second kappa shape index (κ2) is 9.75. The van der Waals surface area contributed by atoms with Gasteiger partial charge in [-0.15, -0.1) is 0 Å². The molecule has 1 unspecified atom stereocenters. The SMILES string of the molecule is CCCCCCCCc1ccc([C@H]2CCC(C(=O)OC)C2)cc1. The van der Waals surface area contributed by atoms with Crippen molar-refractivity contribution in [3.63, 3.8) is 0 Å². The summed E-state index contributed by atoms with van der Waals surface area (Å²) in [5, 5.41) is 0. The van der Waals surface area contributed by atoms with Gasteiger partial charge in [-0.2, -0.15) is 0 Å². The molecule has 0 heterocycles. The summed E-state index contributed by atoms with van der Waals surface area (Å²) in [4.78, 5) is 11.6. The number of benzene rings is 1. The van der Waals surface area contributed by atoms with Gasteiger partial charge >= 0.3 is 5.97 Å². The molecular formula is C21H32O2. The summed E-state index contributed by atoms with van der Waals surface area (Å²) in [5.74, 6) is 0.599. The molecule has 1 aromatic carbocycles. The first-order valence-electron chi connectivity index (χ1n) is 9.41. The summed E-state index contributed by atoms with van der Waals surface area (Å²) in [6, 6.07) is 9.12. The average molecular weight is 316 g/mol. The van der Waals surface area contributed by atoms with Gasteiger partial charge in [-0.1, -0.05) is 63.3 Å². The van der Waals surface area contributed by atoms with Gasteiger partial charge in [-0.3, -0.25) is 4.79 Å². The first-order chi connectivity index (χ1) is 11.2. The molecule has 1 aliphatic rings. The summed E-state index contributed by atoms with van der Waals surface area (Å²) in [5.41, 5.74) is 2.84. The smallest absolute Gasteiger partial charge is 0.308 e. The third-order valence-electron chi connectivity index (χ3n) is 5.24. The van der Waals surface area contributed by atoms with Gasteiger partial charge in [-0.05, 0) is 49.1 Å². The molecule has 0 saturated heterocycles. The van der Waals surface area contributed by atoms with Gasteiger partial charge in [0.2, 0.25) is 0 Å². The molecule has 128 valence electrons. The normalized spacial score (nSPS) is 20.6. The van der Waals surface area contributed by atoms with Crippen LogP contribution < -0.4 is 0 Å². The fourth-order valence-corrected chi connectivity index (χ4v) is 3.73. The molecule has 2 heteroatoms. The van der Waals surface area contributed by atoms with Crippen molar-refractivity contribution in [2.24, 2.45) is 5.92 Å². The van der Waals surface area contributed by atoms with Crippen molar-refractivity contribution in [2.75, 3.05) is 7.11 Å². The minimum absolute atomic E-state index is 0.0350. The summed E-state index contributed by atoms with van der Waals surface area (Å²) in [6.07, 6.45) is 12.3. The van der Waals surface area contributed by atoms with Gasteiger partial charge in [0.1, 0.15) is 0 Å². The Bertz CT molecular complexity index is 463. The van der Waals surface area contributed by atoms with E-state index in [0.717, 1.165) is 19.3 Å². The van der Waals surface area contributed by atoms with Crippen LogP contribution in [0.5, 0.6) is 0 Å². The van der Waals surface area contributed by atoms with E-state index in [1.807, 2.05) is 0 Å². The van der Waals surface area contributed by atoms with E-state index in [9.17, 15) is 4.79 Å². The van der Waals surface area contributed by atoms with Crippen LogP contribution in [0.2, 0.25) is 0 Å². The lowest BCUT2D eigenvalue weighted by Crippen LogP contribution is -2.12. The van der Waals surface area contributed by atoms with E-state index in [1.165, 1.54) is 63.2 Å². The zero-order valence-electron chi connectivity index (χ0n) is 14.9. The number of carbonyl (C=O) groups excluding carboxylic acids is 1. The van der Waals surface area contributed by atoms with Crippen LogP contribution in [0.3, 0.4) is 0 Å². The number of unbranched alkanes of at least 4 members (excludes halogenated alkanes) is 5. The van der Waals surface area contributed by atoms with E-state index in [-0.39, 0.29) is 11.9 Å². The first kappa shape index (κ1) is 18.0. The van der Waals surface area contributed by atoms with Crippen LogP contribution in [0, 0.1) is 5.92 Å². The van der Waals surface area contributed by atoms with Crippen LogP contribution in [-0.2, 0) is 16.0 Å². The van der Waals surface area contributed by atoms with Crippen LogP contribution in [0.15, 0.2) is 24.3 Å². The maximum absolute atomic E-state index is 11.6. The fourth-order valence-electron chi connectivity index (χ4n) is 3.73. The average Bonchev–Trinajstić information content (AvgIpc) is 3.08. The monoisotopic (exact) mass is 316 g/mol. The number of aryl methyl sites for hydroxylation is 1. The van der Waals surface area contributed by atoms with Gasteiger partial charge in [0.05, 0.1) is 13.0 Å². The molecule has 2 rings (SSSR count). The number of hydrogen-bond acceptors (Lipinski definition) is 2. The highest BCUT2D eigenvalue weighted by atomic mass is 16.5. The maximum atomic E-state index is 11.6. The van der Waals surface area contributed by atoms with Gasteiger partial charge in [0.15, 0.2) is 0 Å². The Balaban J connectivity index is 1.73. The Labute approximate surface area is 141 Å². The van der Waals surface area contributed by atoms with Crippen molar-refractivity contribution >= 4 is 5.97 Å². The number of carbonyl (C=O) groups is 1. The van der Waals surface area contributed by atoms with Crippen LogP contribution >= 0.6 is 0 Å². The molecule has 1 aliphatic carbocycles. The van der Waals surface area contributed by atoms with Crippen LogP contribution in [0.25, 0.3) is 0 Å². The zero-order chi connectivity index (χ0) is 16.5. The van der Waals surface area contributed by atoms with Crippen molar-refractivity contribution in [3.05, 3.63) is 35.4 Å². The second-order valence-electron chi connectivity index (χ2n) is 6.99. The molecule has 0 N–H and O–H groups in total. The van der Waals surface area contributed by atoms with Crippen LogP contribution in [-0.4, -0.2) is 13.1 Å². The third kappa shape index (κ3) is 5.67. The predicted octanol–water partition coefficient (Wildman–Crippen LogP) is 5.65. The largest absolute Gasteiger partial charge is 0.469 e. The molecule has 1 fully saturated rings. The third-order valence-corrected chi connectivity index (χ3v) is 5.24. The number of ether oxygens (including phenoxy) is 1. The van der Waals surface area contributed by atoms with E-state index in [1.54, 1.807) is 0 Å². The predicted molar refractivity (Wildman–Crippen MR) is 95.6 cm³/mol. The lowest BCUT2D eigenvalue weighted by Gasteiger charge is -2.11. The highest BCUT2D eigenvalue weighted by Crippen LogP contribution is 2.38. The zero-order valence-corrected chi connectivity index (χ0v) is 14.9. The van der Waals surface area contributed by atoms with Crippen LogP contribution in [0.1, 0.15) is 81.8 Å². The van der Waals surface area contributed by atoms with Crippen molar-refractivity contribution in [1.82, 2.24) is 0 Å². The molecule has 0 radical (unpaired) electrons. The standard InChI is InChI=1S/C21H32O2/c1-3-4-5-6-7-8-9-17-10-12-18(13-11-17)19-14-15-20(16-19)21(22)23-2/h10-13,19-20H,3-9,14-16H2,1-2H3/t19-,20?/m0/s1. The van der Waals surface area contributed by atoms with Crippen molar-refractivity contribution in [1.29, 1.82) is 0 Å². The van der Waals surface area contributed by atoms with Gasteiger partial charge in [0.25, 0.3) is 0 Å². The summed E-state index contributed by atoms with van der Waals surface area (Å²) in [7, 11) is 1.49. The molecule has 0 aliphatic heterocycles. The lowest BCUT2D eigenvalue weighted by molar-refractivity contribution is -0.145. The quantitative estimate of drug-likeness (QED) is 0.435. The Kier molecular flexibility index (Phi) is 7.64. The summed E-state index contributed by atoms with van der Waals surface area (Å²) < 4.78 is 4.88. The van der Waals surface area contributed by atoms with E-state index in [4.69, 9.17) is 4.74 Å². The van der Waals surface area contributed by atoms with Gasteiger partial charge < -0.3 is 4.74 Å². The minimum atomic E-state index is -0.0350. The van der Waals surface area contributed by atoms with Crippen molar-refractivity contribution < 1.29 is 9.53 Å². The molecule has 0 bridgehead atoms. The molecule has 0 spiro atoms. The molecule has 0 aromatic heterocycles. The van der Waals surface area contributed by atoms with E-state index < -0.39 is 0 Å². The number of methoxy groups -OCH3 is 1. The van der Waals surface area contributed by atoms with Gasteiger partial charge in [0, 0.05) is 0 Å². The van der Waals surface area contributed by atoms with Crippen molar-refractivity contribution in [3.8, 4) is 0 Å². The minimum Gasteiger partial charge on any atom is -0.469 e. The Morgan fingerprint density at radius 1 is 1.04 bits per heavy atom. The number of rotatable bonds is 9. The molecular weight excluding hydrogens is 284 g/mol. The molecule has 1 saturated carbocycles. The van der Waals surface area contributed by atoms with Crippen molar-refractivity contribution in [2.45, 2.75) is 77.0 Å². The van der Waals surface area contributed by atoms with E-state index >= 15 is 0 Å². The number of esters is 1. The highest BCUT2D eigenvalue weighted by Gasteiger charge is 2.31. The summed E-state index contributed by atoms with van der Waals surface area (Å²) >= 11 is 0. The number of hydrogen-bond donors (Lipinski definition) is 0. The second-order valence-corrected chi connectivity index (χ2v) is 6.99. The Morgan fingerprint density at radius 3 is 2.43 bits per heavy atom. The Morgan fingerprint density at radius 2 is 1.74 bits per heavy atom. The lowest BCUT2D eigenvalue weighted by atomic mass is 9.94. The fraction of sp³-hybridized carbons (Fsp3) is 0.667. The Hall–Kier alpha value is -1.31. The van der Waals surface area contributed by atoms with E-state index in [2.05, 4.69) is 31.2 Å². The molecule has 2 atom stereocenters. The van der Waals surface area contributed by atoms with E-state index in [0.29, 0.717) is 5.92 Å². The topological polar surface area (TPSA) is 26.3 Å². The summed E-state index contributed by atoms with van der Waals surface area (Å²) in [6.45, 7) is 2.26. The van der Waals surface area contributed by atoms with Crippen LogP contribution in [0.4, 0.5) is 0 Å². The molecule has 23 heavy (non-hydrogen) atoms. The highest BCUT2D eigenvalue weighted by molar-refractivity contribution is 5.72.